The van der Waals surface area contributed by atoms with Gasteiger partial charge in [0.15, 0.2) is 4.34 Å². The molecule has 0 aliphatic heterocycles. The largest absolute Gasteiger partial charge is 0.467 e. The highest BCUT2D eigenvalue weighted by Gasteiger charge is 2.26. The van der Waals surface area contributed by atoms with Crippen molar-refractivity contribution in [1.29, 1.82) is 0 Å². The molecule has 0 amide bonds. The third-order valence-corrected chi connectivity index (χ3v) is 6.73. The molecule has 138 valence electrons. The highest BCUT2D eigenvalue weighted by molar-refractivity contribution is 8.00. The summed E-state index contributed by atoms with van der Waals surface area (Å²) in [5.74, 6) is -2.12. The number of hydrogen-bond donors (Lipinski definition) is 1. The van der Waals surface area contributed by atoms with Crippen molar-refractivity contribution in [2.45, 2.75) is 27.3 Å². The molecule has 0 bridgehead atoms. The van der Waals surface area contributed by atoms with E-state index in [2.05, 4.69) is 15.5 Å². The number of anilines is 1. The first-order chi connectivity index (χ1) is 12.4. The zero-order valence-corrected chi connectivity index (χ0v) is 15.6. The van der Waals surface area contributed by atoms with Crippen LogP contribution in [0.5, 0.6) is 0 Å². The summed E-state index contributed by atoms with van der Waals surface area (Å²) in [5, 5.41) is 11.8. The van der Waals surface area contributed by atoms with Gasteiger partial charge in [0, 0.05) is 5.75 Å². The molecule has 0 spiro atoms. The van der Waals surface area contributed by atoms with Crippen LogP contribution in [0.25, 0.3) is 0 Å². The summed E-state index contributed by atoms with van der Waals surface area (Å²) in [7, 11) is -4.56. The van der Waals surface area contributed by atoms with Gasteiger partial charge in [0.05, 0.1) is 17.7 Å². The van der Waals surface area contributed by atoms with Crippen molar-refractivity contribution in [3.63, 3.8) is 0 Å². The molecule has 3 aromatic rings. The number of alkyl halides is 2. The van der Waals surface area contributed by atoms with Crippen LogP contribution in [-0.4, -0.2) is 24.4 Å². The lowest BCUT2D eigenvalue weighted by Crippen LogP contribution is -2.11. The Balaban J connectivity index is 1.54. The van der Waals surface area contributed by atoms with Crippen molar-refractivity contribution in [2.24, 2.45) is 0 Å². The van der Waals surface area contributed by atoms with Crippen LogP contribution in [0.2, 0.25) is 0 Å². The molecule has 0 fully saturated rings. The molecule has 3 rings (SSSR count). The van der Waals surface area contributed by atoms with E-state index in [9.17, 15) is 17.2 Å². The highest BCUT2D eigenvalue weighted by atomic mass is 32.2. The monoisotopic (exact) mass is 417 g/mol. The Kier molecular flexibility index (Phi) is 5.89. The fourth-order valence-corrected chi connectivity index (χ4v) is 4.36. The number of hydrogen-bond acceptors (Lipinski definition) is 8. The minimum Gasteiger partial charge on any atom is -0.467 e. The average Bonchev–Trinajstić information content (AvgIpc) is 3.30. The zero-order chi connectivity index (χ0) is 18.6. The Labute approximate surface area is 156 Å². The normalized spacial score (nSPS) is 11.8. The molecule has 26 heavy (non-hydrogen) atoms. The Morgan fingerprint density at radius 2 is 1.96 bits per heavy atom. The van der Waals surface area contributed by atoms with Gasteiger partial charge < -0.3 is 9.73 Å². The molecule has 2 aromatic heterocycles. The Bertz CT molecular complexity index is 942. The molecule has 1 aromatic carbocycles. The molecule has 0 atom stereocenters. The van der Waals surface area contributed by atoms with Gasteiger partial charge in [-0.05, 0) is 29.8 Å². The van der Waals surface area contributed by atoms with Crippen molar-refractivity contribution in [2.75, 3.05) is 5.32 Å². The van der Waals surface area contributed by atoms with Gasteiger partial charge >= 0.3 is 5.76 Å². The first-order valence-electron chi connectivity index (χ1n) is 7.29. The predicted molar refractivity (Wildman–Crippen MR) is 95.1 cm³/mol. The van der Waals surface area contributed by atoms with Gasteiger partial charge in [0.25, 0.3) is 0 Å². The molecule has 0 saturated carbocycles. The summed E-state index contributed by atoms with van der Waals surface area (Å²) in [6.45, 7) is 0.506. The molecule has 1 N–H and O–H groups in total. The van der Waals surface area contributed by atoms with Crippen molar-refractivity contribution in [1.82, 2.24) is 10.2 Å². The van der Waals surface area contributed by atoms with Crippen LogP contribution in [0.1, 0.15) is 11.3 Å². The second kappa shape index (κ2) is 8.14. The van der Waals surface area contributed by atoms with Crippen LogP contribution < -0.4 is 5.32 Å². The van der Waals surface area contributed by atoms with Crippen LogP contribution in [-0.2, 0) is 22.1 Å². The third-order valence-electron chi connectivity index (χ3n) is 3.25. The Morgan fingerprint density at radius 3 is 2.62 bits per heavy atom. The molecule has 0 aliphatic carbocycles. The molecule has 0 radical (unpaired) electrons. The lowest BCUT2D eigenvalue weighted by atomic mass is 10.2. The second-order valence-electron chi connectivity index (χ2n) is 5.04. The number of nitrogens with zero attached hydrogens (tertiary/aromatic N) is 2. The maximum absolute atomic E-state index is 12.5. The fourth-order valence-electron chi connectivity index (χ4n) is 1.94. The van der Waals surface area contributed by atoms with E-state index in [0.29, 0.717) is 17.4 Å². The zero-order valence-electron chi connectivity index (χ0n) is 13.1. The Morgan fingerprint density at radius 1 is 1.19 bits per heavy atom. The molecular weight excluding hydrogens is 404 g/mol. The van der Waals surface area contributed by atoms with Crippen molar-refractivity contribution in [3.05, 3.63) is 54.0 Å². The molecular formula is C15H13F2N3O3S3. The van der Waals surface area contributed by atoms with Crippen molar-refractivity contribution in [3.8, 4) is 0 Å². The van der Waals surface area contributed by atoms with Crippen molar-refractivity contribution < 1.29 is 21.6 Å². The van der Waals surface area contributed by atoms with Gasteiger partial charge in [-0.25, -0.2) is 8.42 Å². The smallest absolute Gasteiger partial charge is 0.341 e. The van der Waals surface area contributed by atoms with E-state index in [1.165, 1.54) is 47.4 Å². The lowest BCUT2D eigenvalue weighted by molar-refractivity contribution is 0.234. The second-order valence-corrected chi connectivity index (χ2v) is 9.16. The van der Waals surface area contributed by atoms with E-state index < -0.39 is 15.6 Å². The first-order valence-corrected chi connectivity index (χ1v) is 10.6. The number of rotatable bonds is 8. The maximum Gasteiger partial charge on any atom is 0.341 e. The van der Waals surface area contributed by atoms with Gasteiger partial charge in [0.1, 0.15) is 5.76 Å². The van der Waals surface area contributed by atoms with E-state index in [1.54, 1.807) is 12.3 Å². The number of halogens is 2. The van der Waals surface area contributed by atoms with E-state index >= 15 is 0 Å². The number of nitrogens with one attached hydrogen (secondary N) is 1. The van der Waals surface area contributed by atoms with E-state index in [0.717, 1.165) is 15.7 Å². The summed E-state index contributed by atoms with van der Waals surface area (Å²) in [6, 6.07) is 9.05. The van der Waals surface area contributed by atoms with E-state index in [-0.39, 0.29) is 4.90 Å². The van der Waals surface area contributed by atoms with Gasteiger partial charge in [-0.15, -0.1) is 10.2 Å². The average molecular weight is 417 g/mol. The lowest BCUT2D eigenvalue weighted by Gasteiger charge is -2.04. The van der Waals surface area contributed by atoms with Crippen molar-refractivity contribution >= 4 is 38.1 Å². The number of furan rings is 1. The standard InChI is InChI=1S/C15H13F2N3O3S3/c16-13(17)26(21,22)12-5-3-10(4-6-12)9-24-15-20-19-14(25-15)18-8-11-2-1-7-23-11/h1-7,13H,8-9H2,(H,18,19). The third kappa shape index (κ3) is 4.59. The minimum absolute atomic E-state index is 0.387. The van der Waals surface area contributed by atoms with E-state index in [1.807, 2.05) is 6.07 Å². The molecule has 0 unspecified atom stereocenters. The number of aromatic nitrogens is 2. The van der Waals surface area contributed by atoms with Crippen LogP contribution in [0.15, 0.2) is 56.3 Å². The van der Waals surface area contributed by atoms with Gasteiger partial charge in [-0.2, -0.15) is 8.78 Å². The van der Waals surface area contributed by atoms with E-state index in [4.69, 9.17) is 4.42 Å². The molecule has 6 nitrogen and oxygen atoms in total. The maximum atomic E-state index is 12.5. The van der Waals surface area contributed by atoms with Gasteiger partial charge in [-0.1, -0.05) is 35.2 Å². The molecule has 11 heteroatoms. The topological polar surface area (TPSA) is 85.1 Å². The SMILES string of the molecule is O=S(=O)(c1ccc(CSc2nnc(NCc3ccco3)s2)cc1)C(F)F. The Hall–Kier alpha value is -1.98. The number of benzene rings is 1. The quantitative estimate of drug-likeness (QED) is 0.554. The summed E-state index contributed by atoms with van der Waals surface area (Å²) in [5.41, 5.74) is 0.795. The summed E-state index contributed by atoms with van der Waals surface area (Å²) < 4.78 is 53.7. The molecule has 0 saturated heterocycles. The minimum atomic E-state index is -4.56. The summed E-state index contributed by atoms with van der Waals surface area (Å²) in [6.07, 6.45) is 1.59. The number of thioether (sulfide) groups is 1. The first kappa shape index (κ1) is 18.8. The van der Waals surface area contributed by atoms with Gasteiger partial charge in [0.2, 0.25) is 15.0 Å². The van der Waals surface area contributed by atoms with Crippen LogP contribution in [0, 0.1) is 0 Å². The summed E-state index contributed by atoms with van der Waals surface area (Å²) >= 11 is 2.80. The van der Waals surface area contributed by atoms with Crippen LogP contribution in [0.3, 0.4) is 0 Å². The molecule has 0 aliphatic rings. The van der Waals surface area contributed by atoms with Gasteiger partial charge in [-0.3, -0.25) is 0 Å². The fraction of sp³-hybridized carbons (Fsp3) is 0.200. The predicted octanol–water partition coefficient (Wildman–Crippen LogP) is 4.03. The van der Waals surface area contributed by atoms with Crippen LogP contribution >= 0.6 is 23.1 Å². The summed E-state index contributed by atoms with van der Waals surface area (Å²) in [4.78, 5) is -0.387. The molecule has 2 heterocycles. The number of sulfone groups is 1. The highest BCUT2D eigenvalue weighted by Crippen LogP contribution is 2.29. The van der Waals surface area contributed by atoms with Crippen LogP contribution in [0.4, 0.5) is 13.9 Å².